The van der Waals surface area contributed by atoms with Crippen molar-refractivity contribution in [3.8, 4) is 22.8 Å². The first-order valence-electron chi connectivity index (χ1n) is 23.4. The van der Waals surface area contributed by atoms with Crippen LogP contribution in [0.4, 0.5) is 29.5 Å². The number of aromatic nitrogens is 12. The maximum atomic E-state index is 6.44. The van der Waals surface area contributed by atoms with Gasteiger partial charge in [-0.25, -0.2) is 49.8 Å². The second-order valence-corrected chi connectivity index (χ2v) is 18.4. The number of halogens is 1. The highest BCUT2D eigenvalue weighted by atomic mass is 35.5. The number of nitrogens with one attached hydrogen (secondary N) is 3. The van der Waals surface area contributed by atoms with Crippen molar-refractivity contribution in [2.45, 2.75) is 66.7 Å². The lowest BCUT2D eigenvalue weighted by Crippen LogP contribution is -2.50. The van der Waals surface area contributed by atoms with E-state index in [-0.39, 0.29) is 11.9 Å². The minimum atomic E-state index is 0.209. The lowest BCUT2D eigenvalue weighted by atomic mass is 10.2. The minimum Gasteiger partial charge on any atom is -0.378 e. The van der Waals surface area contributed by atoms with Crippen molar-refractivity contribution in [1.29, 1.82) is 0 Å². The Kier molecular flexibility index (Phi) is 15.7. The third-order valence-electron chi connectivity index (χ3n) is 11.6. The summed E-state index contributed by atoms with van der Waals surface area (Å²) in [5.74, 6) is 4.91. The lowest BCUT2D eigenvalue weighted by Gasteiger charge is -2.33. The number of imidazole rings is 2. The van der Waals surface area contributed by atoms with Crippen LogP contribution in [0.3, 0.4) is 0 Å². The molecule has 4 saturated heterocycles. The second-order valence-electron chi connectivity index (χ2n) is 18.1. The molecule has 360 valence electrons. The van der Waals surface area contributed by atoms with Crippen LogP contribution in [-0.2, 0) is 22.6 Å². The van der Waals surface area contributed by atoms with Gasteiger partial charge in [-0.15, -0.1) is 0 Å². The number of piperazine rings is 2. The van der Waals surface area contributed by atoms with Crippen molar-refractivity contribution in [2.24, 2.45) is 11.8 Å². The molecule has 4 fully saturated rings. The van der Waals surface area contributed by atoms with E-state index >= 15 is 0 Å². The van der Waals surface area contributed by atoms with Gasteiger partial charge in [-0.1, -0.05) is 27.7 Å². The van der Waals surface area contributed by atoms with Crippen molar-refractivity contribution in [1.82, 2.24) is 74.9 Å². The van der Waals surface area contributed by atoms with Crippen LogP contribution < -0.4 is 42.1 Å². The fraction of sp³-hybridized carbons (Fsp3) is 0.591. The molecule has 0 spiro atoms. The number of fused-ring (bicyclic) bond motifs is 2. The number of ether oxygens (including phenoxy) is 2. The number of morpholine rings is 2. The van der Waals surface area contributed by atoms with Crippen LogP contribution in [-0.4, -0.2) is 163 Å². The van der Waals surface area contributed by atoms with Gasteiger partial charge in [-0.05, 0) is 37.3 Å². The molecule has 6 aromatic rings. The van der Waals surface area contributed by atoms with Crippen LogP contribution in [0.1, 0.15) is 41.5 Å². The molecule has 67 heavy (non-hydrogen) atoms. The third-order valence-corrected chi connectivity index (χ3v) is 11.8. The highest BCUT2D eigenvalue weighted by Gasteiger charge is 2.28. The summed E-state index contributed by atoms with van der Waals surface area (Å²) in [6, 6.07) is 1.08. The Bertz CT molecular complexity index is 2530. The Balaban J connectivity index is 0.000000161. The van der Waals surface area contributed by atoms with Gasteiger partial charge in [0.1, 0.15) is 0 Å². The first-order chi connectivity index (χ1) is 32.4. The van der Waals surface area contributed by atoms with Crippen LogP contribution in [0.5, 0.6) is 0 Å². The molecule has 7 N–H and O–H groups in total. The molecular formula is C44H65ClN20O2. The molecule has 2 atom stereocenters. The Morgan fingerprint density at radius 3 is 1.57 bits per heavy atom. The molecule has 6 aromatic heterocycles. The van der Waals surface area contributed by atoms with Crippen molar-refractivity contribution in [2.75, 3.05) is 118 Å². The average Bonchev–Trinajstić information content (AvgIpc) is 3.85. The smallest absolute Gasteiger partial charge is 0.219 e. The molecule has 4 aliphatic heterocycles. The van der Waals surface area contributed by atoms with Gasteiger partial charge >= 0.3 is 0 Å². The van der Waals surface area contributed by atoms with E-state index in [4.69, 9.17) is 57.5 Å². The molecule has 0 saturated carbocycles. The van der Waals surface area contributed by atoms with Gasteiger partial charge in [-0.2, -0.15) is 0 Å². The molecule has 0 unspecified atom stereocenters. The van der Waals surface area contributed by atoms with E-state index in [0.717, 1.165) is 106 Å². The highest BCUT2D eigenvalue weighted by molar-refractivity contribution is 6.29. The first-order valence-corrected chi connectivity index (χ1v) is 23.7. The summed E-state index contributed by atoms with van der Waals surface area (Å²) in [6.07, 6.45) is 6.60. The van der Waals surface area contributed by atoms with Gasteiger partial charge < -0.3 is 51.6 Å². The SMILES string of the molecule is CC(C)Cn1c(Cl)nc2c(N3CCOCC3)nc(-c3cnc(N)nc3)nc21.CC(C)Cn1c(N2CCN[C@H](C)C2)nc2c(N3CCOCC3)nc(-c3cnc(N)nc3)nc21.C[C@@H]1CNCCN1. The molecule has 22 nitrogen and oxygen atoms in total. The molecule has 4 aliphatic rings. The average molecular weight is 942 g/mol. The van der Waals surface area contributed by atoms with E-state index in [9.17, 15) is 0 Å². The Hall–Kier alpha value is -5.65. The maximum absolute atomic E-state index is 6.44. The summed E-state index contributed by atoms with van der Waals surface area (Å²) in [4.78, 5) is 52.3. The van der Waals surface area contributed by atoms with Crippen LogP contribution in [0.25, 0.3) is 45.1 Å². The fourth-order valence-corrected chi connectivity index (χ4v) is 8.54. The normalized spacial score (nSPS) is 19.1. The van der Waals surface area contributed by atoms with Gasteiger partial charge in [0, 0.05) is 115 Å². The summed E-state index contributed by atoms with van der Waals surface area (Å²) >= 11 is 6.44. The zero-order valence-electron chi connectivity index (χ0n) is 39.5. The number of rotatable bonds is 9. The van der Waals surface area contributed by atoms with Crippen molar-refractivity contribution >= 4 is 63.4 Å². The maximum Gasteiger partial charge on any atom is 0.219 e. The summed E-state index contributed by atoms with van der Waals surface area (Å²) < 4.78 is 15.2. The first kappa shape index (κ1) is 47.8. The van der Waals surface area contributed by atoms with Gasteiger partial charge in [0.25, 0.3) is 0 Å². The molecule has 10 rings (SSSR count). The van der Waals surface area contributed by atoms with Crippen molar-refractivity contribution in [3.63, 3.8) is 0 Å². The Morgan fingerprint density at radius 2 is 1.10 bits per heavy atom. The third kappa shape index (κ3) is 11.7. The van der Waals surface area contributed by atoms with E-state index in [0.29, 0.717) is 90.6 Å². The molecule has 0 aliphatic carbocycles. The van der Waals surface area contributed by atoms with E-state index in [1.807, 2.05) is 4.57 Å². The van der Waals surface area contributed by atoms with Gasteiger partial charge in [0.15, 0.2) is 45.6 Å². The van der Waals surface area contributed by atoms with Crippen LogP contribution in [0.2, 0.25) is 5.28 Å². The molecular weight excluding hydrogens is 876 g/mol. The number of anilines is 5. The molecule has 23 heteroatoms. The van der Waals surface area contributed by atoms with Crippen LogP contribution >= 0.6 is 11.6 Å². The topological polar surface area (TPSA) is 255 Å². The summed E-state index contributed by atoms with van der Waals surface area (Å²) in [7, 11) is 0. The molecule has 10 heterocycles. The van der Waals surface area contributed by atoms with E-state index in [2.05, 4.69) is 102 Å². The second kappa shape index (κ2) is 22.0. The Morgan fingerprint density at radius 1 is 0.612 bits per heavy atom. The summed E-state index contributed by atoms with van der Waals surface area (Å²) in [5.41, 5.74) is 15.8. The lowest BCUT2D eigenvalue weighted by molar-refractivity contribution is 0.122. The van der Waals surface area contributed by atoms with E-state index < -0.39 is 0 Å². The van der Waals surface area contributed by atoms with Crippen molar-refractivity contribution in [3.05, 3.63) is 30.1 Å². The summed E-state index contributed by atoms with van der Waals surface area (Å²) in [6.45, 7) is 26.4. The Labute approximate surface area is 396 Å². The van der Waals surface area contributed by atoms with E-state index in [1.54, 1.807) is 24.8 Å². The van der Waals surface area contributed by atoms with Gasteiger partial charge in [0.05, 0.1) is 37.6 Å². The van der Waals surface area contributed by atoms with Crippen LogP contribution in [0.15, 0.2) is 24.8 Å². The largest absolute Gasteiger partial charge is 0.378 e. The van der Waals surface area contributed by atoms with Crippen molar-refractivity contribution < 1.29 is 9.47 Å². The van der Waals surface area contributed by atoms with Gasteiger partial charge in [-0.3, -0.25) is 9.13 Å². The summed E-state index contributed by atoms with van der Waals surface area (Å²) in [5, 5.41) is 10.5. The highest BCUT2D eigenvalue weighted by Crippen LogP contribution is 2.33. The molecule has 0 amide bonds. The quantitative estimate of drug-likeness (QED) is 0.131. The van der Waals surface area contributed by atoms with Gasteiger partial charge in [0.2, 0.25) is 23.1 Å². The van der Waals surface area contributed by atoms with E-state index in [1.165, 1.54) is 0 Å². The predicted molar refractivity (Wildman–Crippen MR) is 262 cm³/mol. The van der Waals surface area contributed by atoms with Crippen LogP contribution in [0, 0.1) is 11.8 Å². The fourth-order valence-electron chi connectivity index (χ4n) is 8.30. The molecule has 0 bridgehead atoms. The zero-order valence-corrected chi connectivity index (χ0v) is 40.2. The standard InChI is InChI=1S/C22H32N10O.C17H21ClN8O.C5H12N2/c1-14(2)12-32-20-17(27-22(32)31-5-4-24-15(3)13-31)19(30-6-8-33-9-7-30)28-18(29-20)16-10-25-21(23)26-11-16;1-10(2)9-26-15-12(22-16(26)18)14(25-3-5-27-6-4-25)23-13(24-15)11-7-20-17(19)21-8-11;1-5-4-6-2-3-7-5/h10-11,14-15,24H,4-9,12-13H2,1-3H3,(H2,23,25,26);7-8,10H,3-6,9H2,1-2H3,(H2,19,20,21);5-7H,2-4H2,1H3/t15-;;5-/m1.1/s1. The minimum absolute atomic E-state index is 0.209. The monoisotopic (exact) mass is 941 g/mol. The number of nitrogens with zero attached hydrogens (tertiary/aromatic N) is 15. The molecule has 0 radical (unpaired) electrons. The number of hydrogen-bond donors (Lipinski definition) is 5. The molecule has 0 aromatic carbocycles. The number of nitrogens with two attached hydrogens (primary N) is 2. The number of nitrogen functional groups attached to an aromatic ring is 2. The number of hydrogen-bond acceptors (Lipinski definition) is 20. The predicted octanol–water partition coefficient (Wildman–Crippen LogP) is 2.74. The zero-order chi connectivity index (χ0) is 47.0.